The van der Waals surface area contributed by atoms with Crippen LogP contribution in [0.3, 0.4) is 0 Å². The van der Waals surface area contributed by atoms with E-state index in [2.05, 4.69) is 23.5 Å². The van der Waals surface area contributed by atoms with Gasteiger partial charge in [-0.25, -0.2) is 0 Å². The Kier molecular flexibility index (Phi) is 2.68. The Morgan fingerprint density at radius 3 is 3.06 bits per heavy atom. The van der Waals surface area contributed by atoms with Crippen LogP contribution in [0.25, 0.3) is 0 Å². The van der Waals surface area contributed by atoms with Gasteiger partial charge in [-0.05, 0) is 43.7 Å². The van der Waals surface area contributed by atoms with Crippen LogP contribution in [0.5, 0.6) is 0 Å². The van der Waals surface area contributed by atoms with Gasteiger partial charge in [-0.2, -0.15) is 0 Å². The van der Waals surface area contributed by atoms with E-state index in [1.165, 1.54) is 31.4 Å². The Balaban J connectivity index is 1.52. The molecule has 0 heterocycles. The molecule has 3 aliphatic rings. The fourth-order valence-electron chi connectivity index (χ4n) is 2.50. The number of aldehydes is 1. The molecule has 2 fully saturated rings. The molecule has 86 valence electrons. The summed E-state index contributed by atoms with van der Waals surface area (Å²) in [5.74, 6) is 1.77. The third-order valence-electron chi connectivity index (χ3n) is 3.88. The molecule has 0 saturated heterocycles. The highest BCUT2D eigenvalue weighted by Crippen LogP contribution is 2.40. The van der Waals surface area contributed by atoms with Crippen LogP contribution in [0.2, 0.25) is 0 Å². The van der Waals surface area contributed by atoms with Gasteiger partial charge in [0, 0.05) is 17.9 Å². The lowest BCUT2D eigenvalue weighted by atomic mass is 9.95. The quantitative estimate of drug-likeness (QED) is 0.714. The minimum absolute atomic E-state index is 0.129. The summed E-state index contributed by atoms with van der Waals surface area (Å²) in [6.45, 7) is 1.20. The lowest BCUT2D eigenvalue weighted by Gasteiger charge is -2.11. The van der Waals surface area contributed by atoms with E-state index in [0.29, 0.717) is 12.0 Å². The Morgan fingerprint density at radius 2 is 2.31 bits per heavy atom. The smallest absolute Gasteiger partial charge is 0.127 e. The molecule has 3 rings (SSSR count). The van der Waals surface area contributed by atoms with Crippen molar-refractivity contribution in [1.29, 1.82) is 0 Å². The summed E-state index contributed by atoms with van der Waals surface area (Å²) in [4.78, 5) is 10.8. The maximum absolute atomic E-state index is 10.8. The Hall–Kier alpha value is -0.890. The van der Waals surface area contributed by atoms with Crippen molar-refractivity contribution in [1.82, 2.24) is 5.32 Å². The minimum atomic E-state index is 0.129. The van der Waals surface area contributed by atoms with Crippen molar-refractivity contribution in [2.45, 2.75) is 31.7 Å². The monoisotopic (exact) mass is 217 g/mol. The van der Waals surface area contributed by atoms with Crippen LogP contribution in [0.4, 0.5) is 0 Å². The summed E-state index contributed by atoms with van der Waals surface area (Å²) in [6, 6.07) is 0.682. The number of rotatable bonds is 5. The number of allylic oxidation sites excluding steroid dienone is 3. The van der Waals surface area contributed by atoms with Gasteiger partial charge in [0.1, 0.15) is 6.29 Å². The van der Waals surface area contributed by atoms with Gasteiger partial charge in [0.2, 0.25) is 0 Å². The SMILES string of the molecule is O=CC1C=C(C2CC2NCC2CC2)C=CC1. The molecule has 3 aliphatic carbocycles. The highest BCUT2D eigenvalue weighted by Gasteiger charge is 2.40. The topological polar surface area (TPSA) is 29.1 Å². The summed E-state index contributed by atoms with van der Waals surface area (Å²) >= 11 is 0. The second kappa shape index (κ2) is 4.17. The third kappa shape index (κ3) is 2.27. The van der Waals surface area contributed by atoms with Crippen LogP contribution in [0.1, 0.15) is 25.7 Å². The first kappa shape index (κ1) is 10.3. The highest BCUT2D eigenvalue weighted by molar-refractivity contribution is 5.59. The lowest BCUT2D eigenvalue weighted by Crippen LogP contribution is -2.21. The molecule has 0 aromatic rings. The molecule has 0 aliphatic heterocycles. The average Bonchev–Trinajstić information content (AvgIpc) is 3.19. The summed E-state index contributed by atoms with van der Waals surface area (Å²) in [5.41, 5.74) is 1.39. The van der Waals surface area contributed by atoms with Gasteiger partial charge in [0.15, 0.2) is 0 Å². The fourth-order valence-corrected chi connectivity index (χ4v) is 2.50. The zero-order valence-corrected chi connectivity index (χ0v) is 9.56. The first-order valence-electron chi connectivity index (χ1n) is 6.44. The predicted octanol–water partition coefficient (Wildman–Crippen LogP) is 2.08. The van der Waals surface area contributed by atoms with Crippen LogP contribution >= 0.6 is 0 Å². The molecule has 3 unspecified atom stereocenters. The molecule has 2 saturated carbocycles. The number of hydrogen-bond acceptors (Lipinski definition) is 2. The minimum Gasteiger partial charge on any atom is -0.313 e. The Labute approximate surface area is 96.8 Å². The molecule has 0 bridgehead atoms. The highest BCUT2D eigenvalue weighted by atomic mass is 16.1. The van der Waals surface area contributed by atoms with E-state index in [0.717, 1.165) is 18.6 Å². The van der Waals surface area contributed by atoms with Crippen LogP contribution < -0.4 is 5.32 Å². The first-order chi connectivity index (χ1) is 7.86. The van der Waals surface area contributed by atoms with Crippen LogP contribution in [0.15, 0.2) is 23.8 Å². The molecule has 0 spiro atoms. The maximum atomic E-state index is 10.8. The zero-order chi connectivity index (χ0) is 11.0. The molecular weight excluding hydrogens is 198 g/mol. The molecule has 2 heteroatoms. The van der Waals surface area contributed by atoms with Crippen molar-refractivity contribution >= 4 is 6.29 Å². The van der Waals surface area contributed by atoms with Gasteiger partial charge >= 0.3 is 0 Å². The number of carbonyl (C=O) groups is 1. The molecule has 3 atom stereocenters. The van der Waals surface area contributed by atoms with Gasteiger partial charge in [0.05, 0.1) is 0 Å². The maximum Gasteiger partial charge on any atom is 0.127 e. The van der Waals surface area contributed by atoms with E-state index < -0.39 is 0 Å². The van der Waals surface area contributed by atoms with E-state index in [1.807, 2.05) is 0 Å². The van der Waals surface area contributed by atoms with Gasteiger partial charge < -0.3 is 10.1 Å². The summed E-state index contributed by atoms with van der Waals surface area (Å²) in [5, 5.41) is 3.64. The summed E-state index contributed by atoms with van der Waals surface area (Å²) in [6.07, 6.45) is 12.6. The second-order valence-corrected chi connectivity index (χ2v) is 5.40. The van der Waals surface area contributed by atoms with Gasteiger partial charge in [-0.1, -0.05) is 18.2 Å². The van der Waals surface area contributed by atoms with Crippen molar-refractivity contribution in [2.75, 3.05) is 6.54 Å². The summed E-state index contributed by atoms with van der Waals surface area (Å²) < 4.78 is 0. The van der Waals surface area contributed by atoms with Crippen LogP contribution in [-0.2, 0) is 4.79 Å². The molecule has 1 N–H and O–H groups in total. The van der Waals surface area contributed by atoms with E-state index in [1.54, 1.807) is 0 Å². The molecule has 16 heavy (non-hydrogen) atoms. The molecule has 0 aromatic heterocycles. The Morgan fingerprint density at radius 1 is 1.44 bits per heavy atom. The van der Waals surface area contributed by atoms with Gasteiger partial charge in [-0.15, -0.1) is 0 Å². The molecule has 2 nitrogen and oxygen atoms in total. The van der Waals surface area contributed by atoms with E-state index in [4.69, 9.17) is 0 Å². The first-order valence-corrected chi connectivity index (χ1v) is 6.44. The number of nitrogens with one attached hydrogen (secondary N) is 1. The van der Waals surface area contributed by atoms with Crippen molar-refractivity contribution in [3.63, 3.8) is 0 Å². The summed E-state index contributed by atoms with van der Waals surface area (Å²) in [7, 11) is 0. The normalized spacial score (nSPS) is 37.0. The van der Waals surface area contributed by atoms with Crippen LogP contribution in [-0.4, -0.2) is 18.9 Å². The van der Waals surface area contributed by atoms with Crippen LogP contribution in [0, 0.1) is 17.8 Å². The molecule has 0 radical (unpaired) electrons. The van der Waals surface area contributed by atoms with E-state index in [-0.39, 0.29) is 5.92 Å². The third-order valence-corrected chi connectivity index (χ3v) is 3.88. The van der Waals surface area contributed by atoms with Gasteiger partial charge in [-0.3, -0.25) is 0 Å². The fraction of sp³-hybridized carbons (Fsp3) is 0.643. The van der Waals surface area contributed by atoms with E-state index >= 15 is 0 Å². The van der Waals surface area contributed by atoms with Crippen molar-refractivity contribution in [3.05, 3.63) is 23.8 Å². The van der Waals surface area contributed by atoms with E-state index in [9.17, 15) is 4.79 Å². The molecule has 0 aromatic carbocycles. The number of hydrogen-bond donors (Lipinski definition) is 1. The van der Waals surface area contributed by atoms with Crippen molar-refractivity contribution < 1.29 is 4.79 Å². The standard InChI is InChI=1S/C14H19NO/c16-9-11-2-1-3-12(6-11)13-7-14(13)15-8-10-4-5-10/h1,3,6,9-11,13-15H,2,4-5,7-8H2. The lowest BCUT2D eigenvalue weighted by molar-refractivity contribution is -0.109. The second-order valence-electron chi connectivity index (χ2n) is 5.40. The predicted molar refractivity (Wildman–Crippen MR) is 64.0 cm³/mol. The molecular formula is C14H19NO. The van der Waals surface area contributed by atoms with Crippen molar-refractivity contribution in [3.8, 4) is 0 Å². The molecule has 0 amide bonds. The number of carbonyl (C=O) groups excluding carboxylic acids is 1. The largest absolute Gasteiger partial charge is 0.313 e. The Bertz CT molecular complexity index is 341. The average molecular weight is 217 g/mol. The van der Waals surface area contributed by atoms with Gasteiger partial charge in [0.25, 0.3) is 0 Å². The van der Waals surface area contributed by atoms with Crippen molar-refractivity contribution in [2.24, 2.45) is 17.8 Å². The zero-order valence-electron chi connectivity index (χ0n) is 9.56.